The van der Waals surface area contributed by atoms with Crippen LogP contribution < -0.4 is 0 Å². The average Bonchev–Trinajstić information content (AvgIpc) is 2.35. The number of pyridine rings is 1. The summed E-state index contributed by atoms with van der Waals surface area (Å²) in [7, 11) is 0. The van der Waals surface area contributed by atoms with Crippen molar-refractivity contribution < 1.29 is 9.50 Å². The van der Waals surface area contributed by atoms with E-state index in [0.717, 1.165) is 11.1 Å². The van der Waals surface area contributed by atoms with E-state index in [9.17, 15) is 9.50 Å². The lowest BCUT2D eigenvalue weighted by Gasteiger charge is -2.13. The van der Waals surface area contributed by atoms with Crippen LogP contribution >= 0.6 is 11.6 Å². The molecule has 0 bridgehead atoms. The first kappa shape index (κ1) is 13.0. The highest BCUT2D eigenvalue weighted by Gasteiger charge is 2.15. The number of aliphatic hydroxyl groups excluding tert-OH is 1. The molecule has 18 heavy (non-hydrogen) atoms. The molecule has 2 aromatic rings. The summed E-state index contributed by atoms with van der Waals surface area (Å²) in [5.74, 6) is -0.404. The number of rotatable bonds is 3. The van der Waals surface area contributed by atoms with Gasteiger partial charge in [0, 0.05) is 24.4 Å². The molecule has 1 aromatic heterocycles. The fourth-order valence-corrected chi connectivity index (χ4v) is 2.00. The van der Waals surface area contributed by atoms with Crippen molar-refractivity contribution in [2.24, 2.45) is 0 Å². The molecule has 0 saturated heterocycles. The Kier molecular flexibility index (Phi) is 3.94. The zero-order valence-corrected chi connectivity index (χ0v) is 10.7. The van der Waals surface area contributed by atoms with Gasteiger partial charge < -0.3 is 5.11 Å². The predicted octanol–water partition coefficient (Wildman–Crippen LogP) is 3.46. The SMILES string of the molecule is Cc1ccc(F)c(C(O)Cc2ccncc2Cl)c1. The van der Waals surface area contributed by atoms with Gasteiger partial charge in [0.25, 0.3) is 0 Å². The van der Waals surface area contributed by atoms with Crippen LogP contribution in [0.1, 0.15) is 22.8 Å². The Bertz CT molecular complexity index is 559. The summed E-state index contributed by atoms with van der Waals surface area (Å²) in [5, 5.41) is 10.6. The maximum Gasteiger partial charge on any atom is 0.129 e. The molecule has 2 nitrogen and oxygen atoms in total. The lowest BCUT2D eigenvalue weighted by molar-refractivity contribution is 0.173. The normalized spacial score (nSPS) is 12.4. The van der Waals surface area contributed by atoms with Gasteiger partial charge in [-0.05, 0) is 24.6 Å². The van der Waals surface area contributed by atoms with Crippen molar-refractivity contribution >= 4 is 11.6 Å². The zero-order chi connectivity index (χ0) is 13.1. The summed E-state index contributed by atoms with van der Waals surface area (Å²) in [4.78, 5) is 3.87. The minimum atomic E-state index is -0.912. The number of benzene rings is 1. The van der Waals surface area contributed by atoms with E-state index < -0.39 is 11.9 Å². The quantitative estimate of drug-likeness (QED) is 0.922. The molecule has 0 aliphatic heterocycles. The van der Waals surface area contributed by atoms with Crippen molar-refractivity contribution in [2.75, 3.05) is 0 Å². The van der Waals surface area contributed by atoms with Crippen molar-refractivity contribution in [3.8, 4) is 0 Å². The first-order chi connectivity index (χ1) is 8.58. The third-order valence-corrected chi connectivity index (χ3v) is 3.12. The molecule has 1 atom stereocenters. The van der Waals surface area contributed by atoms with E-state index in [2.05, 4.69) is 4.98 Å². The van der Waals surface area contributed by atoms with Crippen molar-refractivity contribution in [2.45, 2.75) is 19.4 Å². The lowest BCUT2D eigenvalue weighted by Crippen LogP contribution is -2.05. The summed E-state index contributed by atoms with van der Waals surface area (Å²) in [5.41, 5.74) is 1.95. The minimum Gasteiger partial charge on any atom is -0.388 e. The molecule has 0 radical (unpaired) electrons. The van der Waals surface area contributed by atoms with E-state index in [1.54, 1.807) is 24.4 Å². The van der Waals surface area contributed by atoms with Gasteiger partial charge in [-0.1, -0.05) is 29.3 Å². The molecule has 1 N–H and O–H groups in total. The molecule has 1 aromatic carbocycles. The van der Waals surface area contributed by atoms with Gasteiger partial charge in [0.05, 0.1) is 11.1 Å². The Balaban J connectivity index is 2.25. The van der Waals surface area contributed by atoms with Gasteiger partial charge in [0.2, 0.25) is 0 Å². The van der Waals surface area contributed by atoms with Crippen LogP contribution in [0.4, 0.5) is 4.39 Å². The van der Waals surface area contributed by atoms with E-state index >= 15 is 0 Å². The van der Waals surface area contributed by atoms with E-state index in [1.807, 2.05) is 6.92 Å². The maximum absolute atomic E-state index is 13.6. The third-order valence-electron chi connectivity index (χ3n) is 2.78. The fourth-order valence-electron chi connectivity index (χ4n) is 1.81. The van der Waals surface area contributed by atoms with Crippen LogP contribution in [0.15, 0.2) is 36.7 Å². The highest BCUT2D eigenvalue weighted by Crippen LogP contribution is 2.25. The van der Waals surface area contributed by atoms with Crippen LogP contribution in [-0.2, 0) is 6.42 Å². The summed E-state index contributed by atoms with van der Waals surface area (Å²) >= 11 is 5.96. The van der Waals surface area contributed by atoms with E-state index in [1.165, 1.54) is 12.3 Å². The number of halogens is 2. The molecule has 0 saturated carbocycles. The van der Waals surface area contributed by atoms with E-state index in [0.29, 0.717) is 10.6 Å². The first-order valence-corrected chi connectivity index (χ1v) is 5.98. The van der Waals surface area contributed by atoms with Gasteiger partial charge in [-0.2, -0.15) is 0 Å². The Morgan fingerprint density at radius 1 is 1.39 bits per heavy atom. The zero-order valence-electron chi connectivity index (χ0n) is 9.90. The van der Waals surface area contributed by atoms with Gasteiger partial charge in [-0.25, -0.2) is 4.39 Å². The molecule has 1 heterocycles. The number of aromatic nitrogens is 1. The molecular formula is C14H13ClFNO. The highest BCUT2D eigenvalue weighted by atomic mass is 35.5. The summed E-state index contributed by atoms with van der Waals surface area (Å²) in [6.07, 6.45) is 2.46. The second-order valence-electron chi connectivity index (χ2n) is 4.21. The van der Waals surface area contributed by atoms with Gasteiger partial charge in [0.15, 0.2) is 0 Å². The summed E-state index contributed by atoms with van der Waals surface area (Å²) in [6.45, 7) is 1.86. The van der Waals surface area contributed by atoms with Crippen LogP contribution in [0.2, 0.25) is 5.02 Å². The second kappa shape index (κ2) is 5.46. The molecule has 1 unspecified atom stereocenters. The van der Waals surface area contributed by atoms with Gasteiger partial charge in [0.1, 0.15) is 5.82 Å². The lowest BCUT2D eigenvalue weighted by atomic mass is 10.00. The largest absolute Gasteiger partial charge is 0.388 e. The Labute approximate surface area is 110 Å². The number of aliphatic hydroxyl groups is 1. The summed E-state index contributed by atoms with van der Waals surface area (Å²) in [6, 6.07) is 6.40. The van der Waals surface area contributed by atoms with Gasteiger partial charge in [-0.3, -0.25) is 4.98 Å². The van der Waals surface area contributed by atoms with Crippen molar-refractivity contribution in [1.82, 2.24) is 4.98 Å². The van der Waals surface area contributed by atoms with Crippen LogP contribution in [0.25, 0.3) is 0 Å². The van der Waals surface area contributed by atoms with Crippen molar-refractivity contribution in [3.05, 3.63) is 64.2 Å². The molecule has 0 spiro atoms. The standard InChI is InChI=1S/C14H13ClFNO/c1-9-2-3-13(16)11(6-9)14(18)7-10-4-5-17-8-12(10)15/h2-6,8,14,18H,7H2,1H3. The van der Waals surface area contributed by atoms with Crippen LogP contribution in [-0.4, -0.2) is 10.1 Å². The Hall–Kier alpha value is -1.45. The topological polar surface area (TPSA) is 33.1 Å². The molecule has 0 amide bonds. The Morgan fingerprint density at radius 3 is 2.89 bits per heavy atom. The number of hydrogen-bond donors (Lipinski definition) is 1. The first-order valence-electron chi connectivity index (χ1n) is 5.60. The predicted molar refractivity (Wildman–Crippen MR) is 69.0 cm³/mol. The Morgan fingerprint density at radius 2 is 2.17 bits per heavy atom. The van der Waals surface area contributed by atoms with Gasteiger partial charge in [-0.15, -0.1) is 0 Å². The maximum atomic E-state index is 13.6. The molecule has 94 valence electrons. The van der Waals surface area contributed by atoms with Crippen LogP contribution in [0.3, 0.4) is 0 Å². The molecule has 2 rings (SSSR count). The average molecular weight is 266 g/mol. The van der Waals surface area contributed by atoms with Gasteiger partial charge >= 0.3 is 0 Å². The van der Waals surface area contributed by atoms with Crippen molar-refractivity contribution in [1.29, 1.82) is 0 Å². The minimum absolute atomic E-state index is 0.266. The van der Waals surface area contributed by atoms with Crippen molar-refractivity contribution in [3.63, 3.8) is 0 Å². The second-order valence-corrected chi connectivity index (χ2v) is 4.62. The monoisotopic (exact) mass is 265 g/mol. The highest BCUT2D eigenvalue weighted by molar-refractivity contribution is 6.31. The molecule has 0 aliphatic carbocycles. The number of aryl methyl sites for hydroxylation is 1. The molecule has 4 heteroatoms. The molecule has 0 fully saturated rings. The molecule has 0 aliphatic rings. The number of hydrogen-bond acceptors (Lipinski definition) is 2. The number of nitrogens with zero attached hydrogens (tertiary/aromatic N) is 1. The smallest absolute Gasteiger partial charge is 0.129 e. The summed E-state index contributed by atoms with van der Waals surface area (Å²) < 4.78 is 13.6. The fraction of sp³-hybridized carbons (Fsp3) is 0.214. The van der Waals surface area contributed by atoms with E-state index in [-0.39, 0.29) is 6.42 Å². The molecular weight excluding hydrogens is 253 g/mol. The van der Waals surface area contributed by atoms with E-state index in [4.69, 9.17) is 11.6 Å². The van der Waals surface area contributed by atoms with Crippen LogP contribution in [0.5, 0.6) is 0 Å². The third kappa shape index (κ3) is 2.86. The van der Waals surface area contributed by atoms with Crippen LogP contribution in [0, 0.1) is 12.7 Å².